The van der Waals surface area contributed by atoms with Crippen molar-refractivity contribution in [2.24, 2.45) is 0 Å². The number of fused-ring (bicyclic) bond motifs is 1. The van der Waals surface area contributed by atoms with Crippen molar-refractivity contribution in [2.75, 3.05) is 34.3 Å². The third-order valence-corrected chi connectivity index (χ3v) is 6.48. The molecule has 0 aliphatic carbocycles. The van der Waals surface area contributed by atoms with Gasteiger partial charge in [0.2, 0.25) is 0 Å². The van der Waals surface area contributed by atoms with Crippen LogP contribution in [0.15, 0.2) is 53.2 Å². The van der Waals surface area contributed by atoms with Crippen molar-refractivity contribution in [2.45, 2.75) is 18.4 Å². The minimum Gasteiger partial charge on any atom is -0.496 e. The second-order valence-electron chi connectivity index (χ2n) is 9.31. The average Bonchev–Trinajstić information content (AvgIpc) is 3.38. The van der Waals surface area contributed by atoms with Crippen molar-refractivity contribution < 1.29 is 27.5 Å². The molecule has 3 aromatic heterocycles. The molecule has 0 saturated carbocycles. The second kappa shape index (κ2) is 11.5. The van der Waals surface area contributed by atoms with E-state index < -0.39 is 18.6 Å². The summed E-state index contributed by atoms with van der Waals surface area (Å²) < 4.78 is 45.9. The van der Waals surface area contributed by atoms with Crippen LogP contribution in [0.4, 0.5) is 8.78 Å². The van der Waals surface area contributed by atoms with Crippen LogP contribution in [0.3, 0.4) is 0 Å². The number of amides is 1. The monoisotopic (exact) mass is 569 g/mol. The lowest BCUT2D eigenvalue weighted by Crippen LogP contribution is -2.52. The van der Waals surface area contributed by atoms with Crippen LogP contribution in [0, 0.1) is 11.3 Å². The zero-order valence-electron chi connectivity index (χ0n) is 21.9. The van der Waals surface area contributed by atoms with Crippen molar-refractivity contribution in [3.63, 3.8) is 0 Å². The highest BCUT2D eigenvalue weighted by Crippen LogP contribution is 2.38. The first-order chi connectivity index (χ1) is 18.7. The molecule has 1 aliphatic rings. The molecule has 12 heteroatoms. The van der Waals surface area contributed by atoms with Gasteiger partial charge in [-0.1, -0.05) is 6.07 Å². The van der Waals surface area contributed by atoms with E-state index in [1.807, 2.05) is 0 Å². The minimum atomic E-state index is -3.04. The predicted molar refractivity (Wildman–Crippen MR) is 146 cm³/mol. The van der Waals surface area contributed by atoms with Crippen molar-refractivity contribution in [1.82, 2.24) is 20.2 Å². The number of nitrogens with zero attached hydrogens (tertiary/aromatic N) is 4. The summed E-state index contributed by atoms with van der Waals surface area (Å²) in [5.74, 6) is -2.38. The van der Waals surface area contributed by atoms with Crippen LogP contribution in [0.5, 0.6) is 11.5 Å². The maximum Gasteiger partial charge on any atom is 0.296 e. The number of aromatic nitrogens is 2. The van der Waals surface area contributed by atoms with Gasteiger partial charge in [-0.15, -0.1) is 12.4 Å². The van der Waals surface area contributed by atoms with Gasteiger partial charge in [0.1, 0.15) is 34.5 Å². The Morgan fingerprint density at radius 2 is 1.98 bits per heavy atom. The molecule has 4 heterocycles. The van der Waals surface area contributed by atoms with Crippen molar-refractivity contribution in [3.8, 4) is 40.0 Å². The quantitative estimate of drug-likeness (QED) is 0.347. The molecule has 1 saturated heterocycles. The Balaban J connectivity index is 0.00000370. The van der Waals surface area contributed by atoms with Gasteiger partial charge in [0.05, 0.1) is 24.8 Å². The zero-order valence-corrected chi connectivity index (χ0v) is 22.7. The largest absolute Gasteiger partial charge is 0.496 e. The van der Waals surface area contributed by atoms with Crippen LogP contribution >= 0.6 is 12.4 Å². The van der Waals surface area contributed by atoms with Crippen molar-refractivity contribution in [1.29, 1.82) is 5.26 Å². The Morgan fingerprint density at radius 1 is 1.18 bits per heavy atom. The van der Waals surface area contributed by atoms with Crippen LogP contribution in [-0.2, 0) is 0 Å². The number of hydrogen-bond donors (Lipinski definition) is 1. The molecule has 0 radical (unpaired) electrons. The Morgan fingerprint density at radius 3 is 2.67 bits per heavy atom. The Kier molecular flexibility index (Phi) is 8.23. The van der Waals surface area contributed by atoms with E-state index in [0.29, 0.717) is 45.8 Å². The summed E-state index contributed by atoms with van der Waals surface area (Å²) in [6.45, 7) is -0.0620. The highest BCUT2D eigenvalue weighted by atomic mass is 35.5. The van der Waals surface area contributed by atoms with E-state index in [0.717, 1.165) is 0 Å². The van der Waals surface area contributed by atoms with Gasteiger partial charge < -0.3 is 24.1 Å². The minimum absolute atomic E-state index is 0. The smallest absolute Gasteiger partial charge is 0.296 e. The van der Waals surface area contributed by atoms with Crippen LogP contribution in [0.25, 0.3) is 33.6 Å². The predicted octanol–water partition coefficient (Wildman–Crippen LogP) is 4.94. The number of alkyl halides is 2. The molecular weight excluding hydrogens is 544 g/mol. The van der Waals surface area contributed by atoms with E-state index in [-0.39, 0.29) is 41.7 Å². The van der Waals surface area contributed by atoms with Gasteiger partial charge in [-0.2, -0.15) is 5.26 Å². The Bertz CT molecular complexity index is 1600. The molecule has 1 atom stereocenters. The molecule has 208 valence electrons. The fourth-order valence-electron chi connectivity index (χ4n) is 4.43. The van der Waals surface area contributed by atoms with Gasteiger partial charge >= 0.3 is 0 Å². The number of pyridine rings is 2. The van der Waals surface area contributed by atoms with Gasteiger partial charge in [-0.3, -0.25) is 14.8 Å². The summed E-state index contributed by atoms with van der Waals surface area (Å²) in [7, 11) is 4.76. The number of nitrogens with one attached hydrogen (secondary N) is 1. The number of carbonyl (C=O) groups is 1. The number of ether oxygens (including phenoxy) is 2. The Hall–Kier alpha value is -4.27. The number of furan rings is 1. The van der Waals surface area contributed by atoms with Gasteiger partial charge in [-0.25, -0.2) is 8.78 Å². The maximum absolute atomic E-state index is 14.3. The molecule has 4 aromatic rings. The lowest BCUT2D eigenvalue weighted by atomic mass is 10.0. The van der Waals surface area contributed by atoms with Crippen LogP contribution < -0.4 is 14.8 Å². The third kappa shape index (κ3) is 5.41. The number of piperidine rings is 1. The fraction of sp³-hybridized carbons (Fsp3) is 0.286. The van der Waals surface area contributed by atoms with Crippen LogP contribution in [0.1, 0.15) is 22.5 Å². The van der Waals surface area contributed by atoms with Crippen LogP contribution in [0.2, 0.25) is 0 Å². The molecule has 1 fully saturated rings. The molecule has 0 spiro atoms. The average molecular weight is 570 g/mol. The molecule has 0 bridgehead atoms. The molecule has 1 aliphatic heterocycles. The number of hydrogen-bond acceptors (Lipinski definition) is 8. The number of methoxy groups -OCH3 is 1. The summed E-state index contributed by atoms with van der Waals surface area (Å²) in [6, 6.07) is 11.9. The molecule has 1 amide bonds. The van der Waals surface area contributed by atoms with Gasteiger partial charge in [0.25, 0.3) is 11.8 Å². The SMILES string of the molecule is COc1cc(C(=O)N(C)C)ncc1-c1cc2nccc(-c3ccc(OC4CCNCC4(F)F)c(C#N)c3)c2o1.Cl. The van der Waals surface area contributed by atoms with Gasteiger partial charge in [0, 0.05) is 50.6 Å². The first-order valence-electron chi connectivity index (χ1n) is 12.2. The number of nitriles is 1. The molecule has 40 heavy (non-hydrogen) atoms. The maximum atomic E-state index is 14.3. The highest BCUT2D eigenvalue weighted by Gasteiger charge is 2.43. The fourth-order valence-corrected chi connectivity index (χ4v) is 4.43. The molecular formula is C28H26ClF2N5O4. The molecule has 1 aromatic carbocycles. The summed E-state index contributed by atoms with van der Waals surface area (Å²) in [6.07, 6.45) is 1.92. The standard InChI is InChI=1S/C28H25F2N5O4.ClH/c1-35(2)27(36)21-12-23(37-3)19(14-34-21)24-11-20-26(39-24)18(6-9-33-20)16-4-5-22(17(10-16)13-31)38-25-7-8-32-15-28(25,29)30;/h4-6,9-12,14,25,32H,7-8,15H2,1-3H3;1H. The molecule has 1 unspecified atom stereocenters. The van der Waals surface area contributed by atoms with E-state index in [1.165, 1.54) is 24.3 Å². The lowest BCUT2D eigenvalue weighted by molar-refractivity contribution is -0.109. The number of rotatable bonds is 6. The van der Waals surface area contributed by atoms with E-state index in [1.54, 1.807) is 50.6 Å². The first kappa shape index (κ1) is 28.7. The van der Waals surface area contributed by atoms with Gasteiger partial charge in [-0.05, 0) is 30.3 Å². The lowest BCUT2D eigenvalue weighted by Gasteiger charge is -2.32. The number of benzene rings is 1. The molecule has 9 nitrogen and oxygen atoms in total. The highest BCUT2D eigenvalue weighted by molar-refractivity contribution is 5.95. The van der Waals surface area contributed by atoms with E-state index >= 15 is 0 Å². The van der Waals surface area contributed by atoms with Crippen molar-refractivity contribution >= 4 is 29.4 Å². The van der Waals surface area contributed by atoms with Crippen LogP contribution in [-0.4, -0.2) is 67.1 Å². The zero-order chi connectivity index (χ0) is 27.7. The number of halogens is 3. The third-order valence-electron chi connectivity index (χ3n) is 6.48. The topological polar surface area (TPSA) is 114 Å². The normalized spacial score (nSPS) is 16.1. The molecule has 5 rings (SSSR count). The Labute approximate surface area is 235 Å². The van der Waals surface area contributed by atoms with E-state index in [2.05, 4.69) is 21.4 Å². The second-order valence-corrected chi connectivity index (χ2v) is 9.31. The van der Waals surface area contributed by atoms with Gasteiger partial charge in [0.15, 0.2) is 11.7 Å². The summed E-state index contributed by atoms with van der Waals surface area (Å²) in [4.78, 5) is 22.4. The summed E-state index contributed by atoms with van der Waals surface area (Å²) >= 11 is 0. The van der Waals surface area contributed by atoms with E-state index in [9.17, 15) is 18.8 Å². The van der Waals surface area contributed by atoms with E-state index in [4.69, 9.17) is 13.9 Å². The summed E-state index contributed by atoms with van der Waals surface area (Å²) in [5, 5.41) is 12.4. The summed E-state index contributed by atoms with van der Waals surface area (Å²) in [5.41, 5.74) is 3.15. The molecule has 1 N–H and O–H groups in total. The first-order valence-corrected chi connectivity index (χ1v) is 12.2. The van der Waals surface area contributed by atoms with Crippen molar-refractivity contribution in [3.05, 3.63) is 60.0 Å². The number of carbonyl (C=O) groups excluding carboxylic acids is 1.